The van der Waals surface area contributed by atoms with Crippen LogP contribution in [0.25, 0.3) is 0 Å². The Morgan fingerprint density at radius 3 is 2.00 bits per heavy atom. The fourth-order valence-corrected chi connectivity index (χ4v) is 2.05. The van der Waals surface area contributed by atoms with Gasteiger partial charge in [0.15, 0.2) is 0 Å². The smallest absolute Gasteiger partial charge is 0.211 e. The predicted molar refractivity (Wildman–Crippen MR) is 51.8 cm³/mol. The molecule has 0 aromatic rings. The molecule has 0 unspecified atom stereocenters. The summed E-state index contributed by atoms with van der Waals surface area (Å²) in [6, 6.07) is 0. The van der Waals surface area contributed by atoms with Crippen LogP contribution >= 0.6 is 11.6 Å². The van der Waals surface area contributed by atoms with Gasteiger partial charge < -0.3 is 0 Å². The molecular formula is C7H16ClNO2S. The average Bonchev–Trinajstić information content (AvgIpc) is 2.04. The number of rotatable bonds is 5. The zero-order valence-electron chi connectivity index (χ0n) is 7.72. The molecule has 0 aromatic carbocycles. The highest BCUT2D eigenvalue weighted by Gasteiger charge is 2.25. The first-order chi connectivity index (χ1) is 5.39. The van der Waals surface area contributed by atoms with Gasteiger partial charge in [0.2, 0.25) is 10.0 Å². The summed E-state index contributed by atoms with van der Waals surface area (Å²) < 4.78 is 24.7. The van der Waals surface area contributed by atoms with Gasteiger partial charge in [0.25, 0.3) is 0 Å². The van der Waals surface area contributed by atoms with E-state index < -0.39 is 10.0 Å². The SMILES string of the molecule is CCC(C)(CC)NS(=O)(=O)CCl. The summed E-state index contributed by atoms with van der Waals surface area (Å²) >= 11 is 5.26. The maximum Gasteiger partial charge on any atom is 0.226 e. The zero-order chi connectivity index (χ0) is 9.83. The van der Waals surface area contributed by atoms with Crippen molar-refractivity contribution in [1.29, 1.82) is 0 Å². The van der Waals surface area contributed by atoms with E-state index in [1.54, 1.807) is 0 Å². The van der Waals surface area contributed by atoms with Crippen LogP contribution in [0.5, 0.6) is 0 Å². The van der Waals surface area contributed by atoms with Crippen LogP contribution in [0.4, 0.5) is 0 Å². The molecule has 12 heavy (non-hydrogen) atoms. The molecule has 5 heteroatoms. The van der Waals surface area contributed by atoms with Crippen LogP contribution in [-0.4, -0.2) is 19.2 Å². The van der Waals surface area contributed by atoms with Crippen LogP contribution in [0.3, 0.4) is 0 Å². The Hall–Kier alpha value is 0.200. The third kappa shape index (κ3) is 3.74. The lowest BCUT2D eigenvalue weighted by Gasteiger charge is -2.27. The molecule has 0 atom stereocenters. The van der Waals surface area contributed by atoms with Gasteiger partial charge in [-0.2, -0.15) is 0 Å². The second-order valence-corrected chi connectivity index (χ2v) is 5.40. The van der Waals surface area contributed by atoms with E-state index in [1.807, 2.05) is 20.8 Å². The molecule has 0 aliphatic carbocycles. The van der Waals surface area contributed by atoms with Gasteiger partial charge in [-0.15, -0.1) is 11.6 Å². The van der Waals surface area contributed by atoms with Crippen LogP contribution in [0.1, 0.15) is 33.6 Å². The van der Waals surface area contributed by atoms with E-state index in [-0.39, 0.29) is 10.8 Å². The van der Waals surface area contributed by atoms with Crippen LogP contribution < -0.4 is 4.72 Å². The molecular weight excluding hydrogens is 198 g/mol. The van der Waals surface area contributed by atoms with Gasteiger partial charge in [-0.3, -0.25) is 0 Å². The van der Waals surface area contributed by atoms with E-state index >= 15 is 0 Å². The Balaban J connectivity index is 4.42. The molecule has 0 amide bonds. The second-order valence-electron chi connectivity index (χ2n) is 3.09. The molecule has 0 aliphatic heterocycles. The first-order valence-electron chi connectivity index (χ1n) is 3.96. The molecule has 0 saturated heterocycles. The third-order valence-electron chi connectivity index (χ3n) is 2.11. The minimum Gasteiger partial charge on any atom is -0.211 e. The van der Waals surface area contributed by atoms with Crippen molar-refractivity contribution < 1.29 is 8.42 Å². The van der Waals surface area contributed by atoms with Gasteiger partial charge in [-0.1, -0.05) is 13.8 Å². The molecule has 0 saturated carbocycles. The molecule has 3 nitrogen and oxygen atoms in total. The zero-order valence-corrected chi connectivity index (χ0v) is 9.30. The first kappa shape index (κ1) is 12.2. The van der Waals surface area contributed by atoms with Crippen molar-refractivity contribution in [2.24, 2.45) is 0 Å². The van der Waals surface area contributed by atoms with E-state index in [0.29, 0.717) is 0 Å². The highest BCUT2D eigenvalue weighted by molar-refractivity contribution is 7.90. The van der Waals surface area contributed by atoms with Crippen LogP contribution in [0.2, 0.25) is 0 Å². The Labute approximate surface area is 79.5 Å². The fraction of sp³-hybridized carbons (Fsp3) is 1.00. The summed E-state index contributed by atoms with van der Waals surface area (Å²) in [7, 11) is -3.29. The molecule has 0 aliphatic rings. The standard InChI is InChI=1S/C7H16ClNO2S/c1-4-7(3,5-2)9-12(10,11)6-8/h9H,4-6H2,1-3H3. The Morgan fingerprint density at radius 1 is 1.33 bits per heavy atom. The third-order valence-corrected chi connectivity index (χ3v) is 4.06. The van der Waals surface area contributed by atoms with E-state index in [0.717, 1.165) is 12.8 Å². The summed E-state index contributed by atoms with van der Waals surface area (Å²) in [5.41, 5.74) is -0.353. The van der Waals surface area contributed by atoms with E-state index in [2.05, 4.69) is 4.72 Å². The largest absolute Gasteiger partial charge is 0.226 e. The monoisotopic (exact) mass is 213 g/mol. The van der Waals surface area contributed by atoms with E-state index in [4.69, 9.17) is 11.6 Å². The normalized spacial score (nSPS) is 13.3. The summed E-state index contributed by atoms with van der Waals surface area (Å²) in [4.78, 5) is 0. The second kappa shape index (κ2) is 4.44. The Morgan fingerprint density at radius 2 is 1.75 bits per heavy atom. The maximum absolute atomic E-state index is 11.1. The highest BCUT2D eigenvalue weighted by Crippen LogP contribution is 2.15. The van der Waals surface area contributed by atoms with Gasteiger partial charge in [-0.25, -0.2) is 13.1 Å². The Kier molecular flexibility index (Phi) is 4.51. The maximum atomic E-state index is 11.1. The topological polar surface area (TPSA) is 46.2 Å². The van der Waals surface area contributed by atoms with Crippen LogP contribution in [0.15, 0.2) is 0 Å². The van der Waals surface area contributed by atoms with Crippen molar-refractivity contribution in [3.05, 3.63) is 0 Å². The highest BCUT2D eigenvalue weighted by atomic mass is 35.5. The van der Waals surface area contributed by atoms with Crippen molar-refractivity contribution >= 4 is 21.6 Å². The van der Waals surface area contributed by atoms with Gasteiger partial charge in [0.1, 0.15) is 5.21 Å². The van der Waals surface area contributed by atoms with Crippen LogP contribution in [-0.2, 0) is 10.0 Å². The molecule has 0 heterocycles. The van der Waals surface area contributed by atoms with Gasteiger partial charge in [0.05, 0.1) is 0 Å². The lowest BCUT2D eigenvalue weighted by atomic mass is 9.98. The molecule has 0 radical (unpaired) electrons. The van der Waals surface area contributed by atoms with Gasteiger partial charge >= 0.3 is 0 Å². The molecule has 0 rings (SSSR count). The first-order valence-corrected chi connectivity index (χ1v) is 6.15. The molecule has 1 N–H and O–H groups in total. The number of halogens is 1. The molecule has 74 valence electrons. The van der Waals surface area contributed by atoms with Crippen molar-refractivity contribution in [3.8, 4) is 0 Å². The van der Waals surface area contributed by atoms with Crippen molar-refractivity contribution in [2.45, 2.75) is 39.2 Å². The van der Waals surface area contributed by atoms with Gasteiger partial charge in [0, 0.05) is 5.54 Å². The number of sulfonamides is 1. The molecule has 0 bridgehead atoms. The minimum absolute atomic E-state index is 0.353. The quantitative estimate of drug-likeness (QED) is 0.707. The summed E-state index contributed by atoms with van der Waals surface area (Å²) in [5.74, 6) is 0. The lowest BCUT2D eigenvalue weighted by molar-refractivity contribution is 0.389. The van der Waals surface area contributed by atoms with Crippen molar-refractivity contribution in [1.82, 2.24) is 4.72 Å². The summed E-state index contributed by atoms with van der Waals surface area (Å²) in [6.07, 6.45) is 1.53. The molecule has 0 spiro atoms. The summed E-state index contributed by atoms with van der Waals surface area (Å²) in [6.45, 7) is 5.76. The lowest BCUT2D eigenvalue weighted by Crippen LogP contribution is -2.45. The molecule has 0 aromatic heterocycles. The Bertz CT molecular complexity index is 222. The van der Waals surface area contributed by atoms with Crippen molar-refractivity contribution in [2.75, 3.05) is 5.21 Å². The van der Waals surface area contributed by atoms with Crippen molar-refractivity contribution in [3.63, 3.8) is 0 Å². The summed E-state index contributed by atoms with van der Waals surface area (Å²) in [5, 5.41) is -0.372. The predicted octanol–water partition coefficient (Wildman–Crippen LogP) is 1.68. The minimum atomic E-state index is -3.29. The fourth-order valence-electron chi connectivity index (χ4n) is 0.797. The van der Waals surface area contributed by atoms with E-state index in [9.17, 15) is 8.42 Å². The van der Waals surface area contributed by atoms with Gasteiger partial charge in [-0.05, 0) is 19.8 Å². The van der Waals surface area contributed by atoms with Crippen LogP contribution in [0, 0.1) is 0 Å². The number of nitrogens with one attached hydrogen (secondary N) is 1. The average molecular weight is 214 g/mol. The molecule has 0 fully saturated rings. The number of hydrogen-bond acceptors (Lipinski definition) is 2. The number of hydrogen-bond donors (Lipinski definition) is 1. The van der Waals surface area contributed by atoms with E-state index in [1.165, 1.54) is 0 Å². The number of alkyl halides is 1.